The summed E-state index contributed by atoms with van der Waals surface area (Å²) in [6.45, 7) is 1.28. The van der Waals surface area contributed by atoms with Crippen molar-refractivity contribution in [2.45, 2.75) is 6.54 Å². The van der Waals surface area contributed by atoms with E-state index >= 15 is 0 Å². The molecule has 2 aromatic carbocycles. The molecule has 150 valence electrons. The molecule has 2 aromatic heterocycles. The van der Waals surface area contributed by atoms with E-state index in [4.69, 9.17) is 0 Å². The van der Waals surface area contributed by atoms with Crippen molar-refractivity contribution in [1.29, 1.82) is 0 Å². The molecule has 0 aliphatic heterocycles. The number of pyridine rings is 1. The van der Waals surface area contributed by atoms with Crippen LogP contribution in [0, 0.1) is 0 Å². The van der Waals surface area contributed by atoms with Gasteiger partial charge in [0.25, 0.3) is 11.8 Å². The highest BCUT2D eigenvalue weighted by Gasteiger charge is 2.15. The van der Waals surface area contributed by atoms with Gasteiger partial charge >= 0.3 is 0 Å². The summed E-state index contributed by atoms with van der Waals surface area (Å²) in [5, 5.41) is 6.72. The molecule has 0 aliphatic carbocycles. The number of fused-ring (bicyclic) bond motifs is 1. The lowest BCUT2D eigenvalue weighted by Gasteiger charge is -2.12. The zero-order valence-corrected chi connectivity index (χ0v) is 16.4. The predicted molar refractivity (Wildman–Crippen MR) is 116 cm³/mol. The van der Waals surface area contributed by atoms with E-state index in [-0.39, 0.29) is 11.8 Å². The largest absolute Gasteiger partial charge is 0.350 e. The minimum atomic E-state index is -0.190. The molecule has 0 fully saturated rings. The summed E-state index contributed by atoms with van der Waals surface area (Å²) in [4.78, 5) is 28.9. The van der Waals surface area contributed by atoms with Gasteiger partial charge in [0, 0.05) is 48.5 Å². The molecular formula is C24H22N4O2. The number of hydrogen-bond acceptors (Lipinski definition) is 3. The van der Waals surface area contributed by atoms with Crippen LogP contribution < -0.4 is 10.6 Å². The molecule has 6 nitrogen and oxygen atoms in total. The fourth-order valence-corrected chi connectivity index (χ4v) is 3.38. The summed E-state index contributed by atoms with van der Waals surface area (Å²) in [6, 6.07) is 23.2. The minimum absolute atomic E-state index is 0.166. The lowest BCUT2D eigenvalue weighted by atomic mass is 10.2. The normalized spacial score (nSPS) is 10.7. The van der Waals surface area contributed by atoms with Gasteiger partial charge in [-0.25, -0.2) is 0 Å². The van der Waals surface area contributed by atoms with Crippen molar-refractivity contribution in [2.24, 2.45) is 0 Å². The number of nitrogens with zero attached hydrogens (tertiary/aromatic N) is 2. The summed E-state index contributed by atoms with van der Waals surface area (Å²) in [6.07, 6.45) is 3.14. The van der Waals surface area contributed by atoms with E-state index in [1.54, 1.807) is 24.5 Å². The van der Waals surface area contributed by atoms with Gasteiger partial charge in [0.15, 0.2) is 0 Å². The number of hydrogen-bond donors (Lipinski definition) is 2. The van der Waals surface area contributed by atoms with Gasteiger partial charge in [-0.2, -0.15) is 0 Å². The van der Waals surface area contributed by atoms with E-state index in [1.807, 2.05) is 65.2 Å². The number of aromatic nitrogens is 2. The first-order valence-corrected chi connectivity index (χ1v) is 9.81. The maximum Gasteiger partial charge on any atom is 0.268 e. The molecule has 0 aliphatic rings. The van der Waals surface area contributed by atoms with Gasteiger partial charge in [0.05, 0.1) is 0 Å². The first-order valence-electron chi connectivity index (χ1n) is 9.81. The van der Waals surface area contributed by atoms with Crippen LogP contribution in [0.1, 0.15) is 26.4 Å². The molecule has 2 N–H and O–H groups in total. The molecule has 0 spiro atoms. The zero-order valence-electron chi connectivity index (χ0n) is 16.4. The Labute approximate surface area is 174 Å². The molecule has 0 saturated heterocycles. The number of amides is 2. The lowest BCUT2D eigenvalue weighted by molar-refractivity contribution is 0.0923. The average Bonchev–Trinajstić information content (AvgIpc) is 3.16. The van der Waals surface area contributed by atoms with E-state index in [9.17, 15) is 9.59 Å². The molecular weight excluding hydrogens is 376 g/mol. The number of rotatable bonds is 7. The first-order chi connectivity index (χ1) is 14.7. The third-order valence-corrected chi connectivity index (χ3v) is 4.87. The van der Waals surface area contributed by atoms with Gasteiger partial charge in [-0.15, -0.1) is 0 Å². The third kappa shape index (κ3) is 4.38. The molecule has 4 rings (SSSR count). The van der Waals surface area contributed by atoms with E-state index in [2.05, 4.69) is 15.6 Å². The molecule has 0 atom stereocenters. The van der Waals surface area contributed by atoms with Gasteiger partial charge in [0.2, 0.25) is 0 Å². The Morgan fingerprint density at radius 2 is 1.47 bits per heavy atom. The van der Waals surface area contributed by atoms with Gasteiger partial charge in [0.1, 0.15) is 5.69 Å². The van der Waals surface area contributed by atoms with Crippen LogP contribution in [0.5, 0.6) is 0 Å². The number of benzene rings is 2. The van der Waals surface area contributed by atoms with Crippen molar-refractivity contribution < 1.29 is 9.59 Å². The molecule has 6 heteroatoms. The maximum absolute atomic E-state index is 12.9. The average molecular weight is 398 g/mol. The van der Waals surface area contributed by atoms with Crippen LogP contribution in [0.15, 0.2) is 85.2 Å². The van der Waals surface area contributed by atoms with Crippen molar-refractivity contribution >= 4 is 22.7 Å². The quantitative estimate of drug-likeness (QED) is 0.469. The Kier molecular flexibility index (Phi) is 5.85. The predicted octanol–water partition coefficient (Wildman–Crippen LogP) is 3.24. The van der Waals surface area contributed by atoms with Gasteiger partial charge < -0.3 is 15.2 Å². The summed E-state index contributed by atoms with van der Waals surface area (Å²) < 4.78 is 2.02. The van der Waals surface area contributed by atoms with E-state index in [0.717, 1.165) is 16.5 Å². The van der Waals surface area contributed by atoms with Crippen LogP contribution in [0.2, 0.25) is 0 Å². The lowest BCUT2D eigenvalue weighted by Crippen LogP contribution is -2.35. The molecule has 0 radical (unpaired) electrons. The van der Waals surface area contributed by atoms with E-state index in [1.165, 1.54) is 0 Å². The van der Waals surface area contributed by atoms with E-state index in [0.29, 0.717) is 30.9 Å². The Morgan fingerprint density at radius 3 is 2.23 bits per heavy atom. The molecule has 0 saturated carbocycles. The second-order valence-electron chi connectivity index (χ2n) is 6.91. The Bertz CT molecular complexity index is 1150. The monoisotopic (exact) mass is 398 g/mol. The van der Waals surface area contributed by atoms with Crippen molar-refractivity contribution in [1.82, 2.24) is 20.2 Å². The summed E-state index contributed by atoms with van der Waals surface area (Å²) in [7, 11) is 0. The topological polar surface area (TPSA) is 76.0 Å². The molecule has 4 aromatic rings. The number of nitrogens with one attached hydrogen (secondary N) is 2. The molecule has 2 amide bonds. The van der Waals surface area contributed by atoms with Crippen LogP contribution in [-0.4, -0.2) is 34.5 Å². The maximum atomic E-state index is 12.9. The highest BCUT2D eigenvalue weighted by molar-refractivity contribution is 5.99. The molecule has 0 bridgehead atoms. The summed E-state index contributed by atoms with van der Waals surface area (Å²) in [5.74, 6) is -0.356. The molecule has 30 heavy (non-hydrogen) atoms. The highest BCUT2D eigenvalue weighted by Crippen LogP contribution is 2.21. The van der Waals surface area contributed by atoms with Gasteiger partial charge in [-0.3, -0.25) is 14.6 Å². The second kappa shape index (κ2) is 9.05. The standard InChI is InChI=1S/C24H22N4O2/c29-23(19-10-12-25-13-11-19)26-14-15-27-24(30)22-16-20-8-4-5-9-21(20)28(22)17-18-6-2-1-3-7-18/h1-13,16H,14-15,17H2,(H,26,29)(H,27,30). The summed E-state index contributed by atoms with van der Waals surface area (Å²) >= 11 is 0. The van der Waals surface area contributed by atoms with Gasteiger partial charge in [-0.1, -0.05) is 48.5 Å². The Morgan fingerprint density at radius 1 is 0.800 bits per heavy atom. The van der Waals surface area contributed by atoms with Crippen LogP contribution in [0.25, 0.3) is 10.9 Å². The second-order valence-corrected chi connectivity index (χ2v) is 6.91. The zero-order chi connectivity index (χ0) is 20.8. The van der Waals surface area contributed by atoms with Crippen LogP contribution in [0.4, 0.5) is 0 Å². The van der Waals surface area contributed by atoms with Crippen molar-refractivity contribution in [3.8, 4) is 0 Å². The molecule has 0 unspecified atom stereocenters. The highest BCUT2D eigenvalue weighted by atomic mass is 16.2. The van der Waals surface area contributed by atoms with Gasteiger partial charge in [-0.05, 0) is 29.8 Å². The van der Waals surface area contributed by atoms with Crippen molar-refractivity contribution in [2.75, 3.05) is 13.1 Å². The van der Waals surface area contributed by atoms with Crippen LogP contribution >= 0.6 is 0 Å². The van der Waals surface area contributed by atoms with E-state index < -0.39 is 0 Å². The van der Waals surface area contributed by atoms with Crippen LogP contribution in [-0.2, 0) is 6.54 Å². The van der Waals surface area contributed by atoms with Crippen molar-refractivity contribution in [3.63, 3.8) is 0 Å². The number of carbonyl (C=O) groups is 2. The van der Waals surface area contributed by atoms with Crippen LogP contribution in [0.3, 0.4) is 0 Å². The Hall–Kier alpha value is -3.93. The fraction of sp³-hybridized carbons (Fsp3) is 0.125. The number of para-hydroxylation sites is 1. The van der Waals surface area contributed by atoms with Crippen molar-refractivity contribution in [3.05, 3.63) is 102 Å². The fourth-order valence-electron chi connectivity index (χ4n) is 3.38. The minimum Gasteiger partial charge on any atom is -0.350 e. The SMILES string of the molecule is O=C(NCCNC(=O)c1cc2ccccc2n1Cc1ccccc1)c1ccncc1. The number of carbonyl (C=O) groups excluding carboxylic acids is 2. The first kappa shape index (κ1) is 19.4. The third-order valence-electron chi connectivity index (χ3n) is 4.87. The molecule has 2 heterocycles. The smallest absolute Gasteiger partial charge is 0.268 e. The summed E-state index contributed by atoms with van der Waals surface area (Å²) in [5.41, 5.74) is 3.27. The Balaban J connectivity index is 1.44.